The zero-order valence-electron chi connectivity index (χ0n) is 11.7. The van der Waals surface area contributed by atoms with Gasteiger partial charge >= 0.3 is 0 Å². The molecule has 0 aliphatic rings. The monoisotopic (exact) mass is 276 g/mol. The maximum Gasteiger partial charge on any atom is 0.273 e. The van der Waals surface area contributed by atoms with Gasteiger partial charge < -0.3 is 10.2 Å². The van der Waals surface area contributed by atoms with Crippen molar-refractivity contribution in [3.8, 4) is 5.69 Å². The molecule has 0 unspecified atom stereocenters. The second kappa shape index (κ2) is 5.83. The molecule has 1 N–H and O–H groups in total. The van der Waals surface area contributed by atoms with Crippen LogP contribution < -0.4 is 5.32 Å². The van der Waals surface area contributed by atoms with E-state index >= 15 is 0 Å². The van der Waals surface area contributed by atoms with Crippen molar-refractivity contribution in [1.29, 1.82) is 0 Å². The number of nitrogens with one attached hydrogen (secondary N) is 1. The Morgan fingerprint density at radius 2 is 2.15 bits per heavy atom. The summed E-state index contributed by atoms with van der Waals surface area (Å²) in [5.41, 5.74) is 1.88. The number of nitrogens with zero attached hydrogens (tertiary/aromatic N) is 3. The fraction of sp³-hybridized carbons (Fsp3) is 0.286. The van der Waals surface area contributed by atoms with Crippen molar-refractivity contribution in [1.82, 2.24) is 20.0 Å². The van der Waals surface area contributed by atoms with Crippen molar-refractivity contribution < 1.29 is 9.18 Å². The van der Waals surface area contributed by atoms with E-state index in [1.807, 2.05) is 0 Å². The molecule has 0 atom stereocenters. The third-order valence-corrected chi connectivity index (χ3v) is 2.87. The normalized spacial score (nSPS) is 10.6. The third-order valence-electron chi connectivity index (χ3n) is 2.87. The Labute approximate surface area is 117 Å². The largest absolute Gasteiger partial charge is 0.343 e. The molecule has 1 heterocycles. The van der Waals surface area contributed by atoms with Crippen LogP contribution in [0.25, 0.3) is 5.69 Å². The van der Waals surface area contributed by atoms with Crippen LogP contribution in [0.15, 0.2) is 30.5 Å². The molecular weight excluding hydrogens is 259 g/mol. The van der Waals surface area contributed by atoms with Crippen LogP contribution >= 0.6 is 0 Å². The molecule has 0 aliphatic heterocycles. The molecule has 20 heavy (non-hydrogen) atoms. The molecule has 6 heteroatoms. The average molecular weight is 276 g/mol. The van der Waals surface area contributed by atoms with E-state index in [-0.39, 0.29) is 11.7 Å². The Bertz CT molecular complexity index is 621. The smallest absolute Gasteiger partial charge is 0.273 e. The topological polar surface area (TPSA) is 50.2 Å². The number of carbonyl (C=O) groups is 1. The number of hydrogen-bond donors (Lipinski definition) is 1. The van der Waals surface area contributed by atoms with E-state index < -0.39 is 0 Å². The van der Waals surface area contributed by atoms with E-state index in [4.69, 9.17) is 0 Å². The summed E-state index contributed by atoms with van der Waals surface area (Å²) >= 11 is 0. The number of hydrogen-bond acceptors (Lipinski definition) is 3. The van der Waals surface area contributed by atoms with Crippen molar-refractivity contribution in [3.05, 3.63) is 47.5 Å². The lowest BCUT2D eigenvalue weighted by atomic mass is 10.1. The first-order chi connectivity index (χ1) is 9.52. The van der Waals surface area contributed by atoms with Crippen LogP contribution in [-0.2, 0) is 6.54 Å². The Morgan fingerprint density at radius 1 is 1.40 bits per heavy atom. The van der Waals surface area contributed by atoms with Gasteiger partial charge in [-0.3, -0.25) is 4.79 Å². The number of carbonyl (C=O) groups excluding carboxylic acids is 1. The lowest BCUT2D eigenvalue weighted by Crippen LogP contribution is -2.22. The Kier molecular flexibility index (Phi) is 4.14. The van der Waals surface area contributed by atoms with Gasteiger partial charge in [0, 0.05) is 26.8 Å². The molecule has 2 rings (SSSR count). The Morgan fingerprint density at radius 3 is 2.80 bits per heavy atom. The van der Waals surface area contributed by atoms with Gasteiger partial charge in [0.15, 0.2) is 5.69 Å². The minimum Gasteiger partial charge on any atom is -0.343 e. The summed E-state index contributed by atoms with van der Waals surface area (Å²) in [7, 11) is 5.14. The summed E-state index contributed by atoms with van der Waals surface area (Å²) in [6.07, 6.45) is 1.70. The van der Waals surface area contributed by atoms with E-state index in [0.717, 1.165) is 11.3 Å². The molecule has 0 spiro atoms. The van der Waals surface area contributed by atoms with Gasteiger partial charge in [0.2, 0.25) is 0 Å². The molecule has 5 nitrogen and oxygen atoms in total. The van der Waals surface area contributed by atoms with Crippen molar-refractivity contribution in [3.63, 3.8) is 0 Å². The van der Waals surface area contributed by atoms with Gasteiger partial charge in [-0.15, -0.1) is 0 Å². The number of rotatable bonds is 4. The summed E-state index contributed by atoms with van der Waals surface area (Å²) < 4.78 is 14.9. The van der Waals surface area contributed by atoms with Crippen molar-refractivity contribution in [2.45, 2.75) is 6.54 Å². The summed E-state index contributed by atoms with van der Waals surface area (Å²) in [5.74, 6) is -0.461. The lowest BCUT2D eigenvalue weighted by Gasteiger charge is -2.10. The summed E-state index contributed by atoms with van der Waals surface area (Å²) in [5, 5.41) is 7.24. The van der Waals surface area contributed by atoms with Gasteiger partial charge in [-0.2, -0.15) is 5.10 Å². The second-order valence-electron chi connectivity index (χ2n) is 4.65. The zero-order valence-corrected chi connectivity index (χ0v) is 11.7. The summed E-state index contributed by atoms with van der Waals surface area (Å²) in [6, 6.07) is 6.14. The maximum atomic E-state index is 13.3. The molecule has 0 fully saturated rings. The highest BCUT2D eigenvalue weighted by molar-refractivity contribution is 5.91. The molecule has 0 saturated carbocycles. The molecule has 0 saturated heterocycles. The molecule has 0 aliphatic carbocycles. The lowest BCUT2D eigenvalue weighted by molar-refractivity contribution is 0.0821. The predicted octanol–water partition coefficient (Wildman–Crippen LogP) is 1.43. The quantitative estimate of drug-likeness (QED) is 0.919. The fourth-order valence-corrected chi connectivity index (χ4v) is 1.91. The van der Waals surface area contributed by atoms with Crippen LogP contribution in [0, 0.1) is 5.82 Å². The van der Waals surface area contributed by atoms with Gasteiger partial charge in [-0.25, -0.2) is 9.07 Å². The highest BCUT2D eigenvalue weighted by atomic mass is 19.1. The number of aromatic nitrogens is 2. The predicted molar refractivity (Wildman–Crippen MR) is 74.3 cm³/mol. The SMILES string of the molecule is CNCc1cc(F)ccc1-n1ccc(C(=O)N(C)C)n1. The van der Waals surface area contributed by atoms with E-state index in [2.05, 4.69) is 10.4 Å². The molecule has 1 aromatic heterocycles. The zero-order chi connectivity index (χ0) is 14.7. The highest BCUT2D eigenvalue weighted by Crippen LogP contribution is 2.16. The van der Waals surface area contributed by atoms with Gasteiger partial charge in [0.1, 0.15) is 5.82 Å². The first kappa shape index (κ1) is 14.2. The minimum absolute atomic E-state index is 0.166. The third kappa shape index (κ3) is 2.85. The van der Waals surface area contributed by atoms with Crippen LogP contribution in [0.4, 0.5) is 4.39 Å². The van der Waals surface area contributed by atoms with Gasteiger partial charge in [0.25, 0.3) is 5.91 Å². The van der Waals surface area contributed by atoms with Crippen molar-refractivity contribution in [2.75, 3.05) is 21.1 Å². The highest BCUT2D eigenvalue weighted by Gasteiger charge is 2.13. The van der Waals surface area contributed by atoms with E-state index in [1.165, 1.54) is 17.0 Å². The Hall–Kier alpha value is -2.21. The van der Waals surface area contributed by atoms with Crippen LogP contribution in [0.1, 0.15) is 16.1 Å². The van der Waals surface area contributed by atoms with Gasteiger partial charge in [-0.1, -0.05) is 0 Å². The van der Waals surface area contributed by atoms with Gasteiger partial charge in [0.05, 0.1) is 5.69 Å². The maximum absolute atomic E-state index is 13.3. The van der Waals surface area contributed by atoms with Crippen molar-refractivity contribution in [2.24, 2.45) is 0 Å². The first-order valence-electron chi connectivity index (χ1n) is 6.23. The molecular formula is C14H17FN4O. The summed E-state index contributed by atoms with van der Waals surface area (Å²) in [6.45, 7) is 0.518. The van der Waals surface area contributed by atoms with Crippen molar-refractivity contribution >= 4 is 5.91 Å². The fourth-order valence-electron chi connectivity index (χ4n) is 1.91. The van der Waals surface area contributed by atoms with Crippen LogP contribution in [0.3, 0.4) is 0 Å². The standard InChI is InChI=1S/C14H17FN4O/c1-16-9-10-8-11(15)4-5-13(10)19-7-6-12(17-19)14(20)18(2)3/h4-8,16H,9H2,1-3H3. The van der Waals surface area contributed by atoms with E-state index in [9.17, 15) is 9.18 Å². The molecule has 1 amide bonds. The molecule has 0 radical (unpaired) electrons. The molecule has 2 aromatic rings. The van der Waals surface area contributed by atoms with Gasteiger partial charge in [-0.05, 0) is 36.9 Å². The molecule has 106 valence electrons. The summed E-state index contributed by atoms with van der Waals surface area (Å²) in [4.78, 5) is 13.3. The Balaban J connectivity index is 2.39. The number of benzene rings is 1. The second-order valence-corrected chi connectivity index (χ2v) is 4.65. The first-order valence-corrected chi connectivity index (χ1v) is 6.23. The van der Waals surface area contributed by atoms with E-state index in [1.54, 1.807) is 44.2 Å². The van der Waals surface area contributed by atoms with Crippen LogP contribution in [-0.4, -0.2) is 41.7 Å². The molecule has 1 aromatic carbocycles. The van der Waals surface area contributed by atoms with Crippen LogP contribution in [0.2, 0.25) is 0 Å². The van der Waals surface area contributed by atoms with Crippen LogP contribution in [0.5, 0.6) is 0 Å². The average Bonchev–Trinajstić information content (AvgIpc) is 2.87. The number of halogens is 1. The minimum atomic E-state index is -0.296. The molecule has 0 bridgehead atoms. The van der Waals surface area contributed by atoms with E-state index in [0.29, 0.717) is 12.2 Å². The number of amides is 1.